The van der Waals surface area contributed by atoms with E-state index in [2.05, 4.69) is 10.3 Å². The van der Waals surface area contributed by atoms with Crippen molar-refractivity contribution in [3.05, 3.63) is 47.1 Å². The van der Waals surface area contributed by atoms with E-state index in [-0.39, 0.29) is 22.2 Å². The van der Waals surface area contributed by atoms with Gasteiger partial charge in [-0.1, -0.05) is 0 Å². The summed E-state index contributed by atoms with van der Waals surface area (Å²) < 4.78 is 4.90. The van der Waals surface area contributed by atoms with E-state index in [9.17, 15) is 9.59 Å². The first-order valence-corrected chi connectivity index (χ1v) is 5.19. The zero-order valence-electron chi connectivity index (χ0n) is 8.88. The van der Waals surface area contributed by atoms with E-state index >= 15 is 0 Å². The van der Waals surface area contributed by atoms with Crippen molar-refractivity contribution >= 4 is 29.2 Å². The van der Waals surface area contributed by atoms with Gasteiger partial charge in [0.05, 0.1) is 17.4 Å². The third kappa shape index (κ3) is 2.49. The number of carbonyl (C=O) groups is 2. The van der Waals surface area contributed by atoms with Gasteiger partial charge in [-0.05, 0) is 29.8 Å². The van der Waals surface area contributed by atoms with Gasteiger partial charge in [-0.3, -0.25) is 9.78 Å². The molecule has 0 aromatic carbocycles. The molecule has 0 aliphatic rings. The van der Waals surface area contributed by atoms with Crippen LogP contribution in [0.3, 0.4) is 0 Å². The molecule has 2 heterocycles. The second-order valence-corrected chi connectivity index (χ2v) is 3.66. The summed E-state index contributed by atoms with van der Waals surface area (Å²) in [6.07, 6.45) is 2.56. The zero-order chi connectivity index (χ0) is 13.1. The largest absolute Gasteiger partial charge is 0.478 e. The summed E-state index contributed by atoms with van der Waals surface area (Å²) in [7, 11) is 0. The van der Waals surface area contributed by atoms with Crippen molar-refractivity contribution in [1.82, 2.24) is 4.98 Å². The molecule has 2 N–H and O–H groups in total. The van der Waals surface area contributed by atoms with Gasteiger partial charge in [0.2, 0.25) is 0 Å². The van der Waals surface area contributed by atoms with Gasteiger partial charge in [0.15, 0.2) is 11.0 Å². The fourth-order valence-electron chi connectivity index (χ4n) is 1.30. The number of furan rings is 1. The van der Waals surface area contributed by atoms with Crippen LogP contribution in [0.5, 0.6) is 0 Å². The van der Waals surface area contributed by atoms with Gasteiger partial charge in [-0.2, -0.15) is 0 Å². The topological polar surface area (TPSA) is 92.4 Å². The van der Waals surface area contributed by atoms with Crippen LogP contribution in [0.15, 0.2) is 35.0 Å². The molecule has 0 radical (unpaired) electrons. The van der Waals surface area contributed by atoms with Gasteiger partial charge in [0.25, 0.3) is 5.91 Å². The number of anilines is 1. The van der Waals surface area contributed by atoms with Gasteiger partial charge in [-0.15, -0.1) is 0 Å². The molecule has 0 unspecified atom stereocenters. The molecule has 0 saturated heterocycles. The fraction of sp³-hybridized carbons (Fsp3) is 0. The number of amides is 1. The molecular formula is C11H7ClN2O4. The Morgan fingerprint density at radius 1 is 1.33 bits per heavy atom. The molecule has 1 amide bonds. The van der Waals surface area contributed by atoms with Crippen molar-refractivity contribution in [3.63, 3.8) is 0 Å². The Morgan fingerprint density at radius 2 is 2.11 bits per heavy atom. The summed E-state index contributed by atoms with van der Waals surface area (Å²) in [5.74, 6) is -1.78. The Labute approximate surface area is 106 Å². The van der Waals surface area contributed by atoms with Gasteiger partial charge >= 0.3 is 5.97 Å². The number of hydrogen-bond donors (Lipinski definition) is 2. The summed E-state index contributed by atoms with van der Waals surface area (Å²) in [4.78, 5) is 26.4. The first-order valence-electron chi connectivity index (χ1n) is 4.82. The fourth-order valence-corrected chi connectivity index (χ4v) is 1.45. The van der Waals surface area contributed by atoms with Crippen molar-refractivity contribution in [2.45, 2.75) is 0 Å². The average molecular weight is 267 g/mol. The van der Waals surface area contributed by atoms with E-state index < -0.39 is 11.9 Å². The molecule has 92 valence electrons. The number of rotatable bonds is 3. The van der Waals surface area contributed by atoms with Crippen molar-refractivity contribution in [2.24, 2.45) is 0 Å². The minimum Gasteiger partial charge on any atom is -0.478 e. The third-order valence-electron chi connectivity index (χ3n) is 2.10. The predicted octanol–water partition coefficient (Wildman–Crippen LogP) is 2.28. The number of nitrogens with one attached hydrogen (secondary N) is 1. The Morgan fingerprint density at radius 3 is 2.72 bits per heavy atom. The molecule has 0 bridgehead atoms. The maximum atomic E-state index is 11.7. The van der Waals surface area contributed by atoms with E-state index in [0.717, 1.165) is 0 Å². The minimum atomic E-state index is -1.16. The highest BCUT2D eigenvalue weighted by molar-refractivity contribution is 6.29. The van der Waals surface area contributed by atoms with E-state index in [4.69, 9.17) is 21.1 Å². The molecule has 2 aromatic rings. The number of aromatic carboxylic acids is 1. The maximum absolute atomic E-state index is 11.7. The number of hydrogen-bond acceptors (Lipinski definition) is 4. The first-order chi connectivity index (χ1) is 8.58. The van der Waals surface area contributed by atoms with Crippen LogP contribution in [0.2, 0.25) is 5.22 Å². The molecule has 2 aromatic heterocycles. The molecule has 0 spiro atoms. The average Bonchev–Trinajstić information content (AvgIpc) is 2.76. The lowest BCUT2D eigenvalue weighted by Crippen LogP contribution is -2.14. The standard InChI is InChI=1S/C11H7ClN2O4/c12-9-2-1-8(18-9)10(15)14-7-5-13-4-3-6(7)11(16)17/h1-5H,(H,14,15)(H,16,17). The van der Waals surface area contributed by atoms with Crippen LogP contribution in [0, 0.1) is 0 Å². The maximum Gasteiger partial charge on any atom is 0.337 e. The normalized spacial score (nSPS) is 10.1. The minimum absolute atomic E-state index is 0.0137. The van der Waals surface area contributed by atoms with Crippen LogP contribution in [0.1, 0.15) is 20.9 Å². The number of aromatic nitrogens is 1. The highest BCUT2D eigenvalue weighted by Crippen LogP contribution is 2.17. The Balaban J connectivity index is 2.24. The van der Waals surface area contributed by atoms with Crippen LogP contribution >= 0.6 is 11.6 Å². The molecule has 0 atom stereocenters. The van der Waals surface area contributed by atoms with Crippen LogP contribution < -0.4 is 5.32 Å². The first kappa shape index (κ1) is 12.1. The SMILES string of the molecule is O=C(Nc1cnccc1C(=O)O)c1ccc(Cl)o1. The van der Waals surface area contributed by atoms with Crippen molar-refractivity contribution in [3.8, 4) is 0 Å². The van der Waals surface area contributed by atoms with Crippen molar-refractivity contribution < 1.29 is 19.1 Å². The van der Waals surface area contributed by atoms with E-state index in [0.29, 0.717) is 0 Å². The zero-order valence-corrected chi connectivity index (χ0v) is 9.64. The van der Waals surface area contributed by atoms with E-state index in [1.807, 2.05) is 0 Å². The van der Waals surface area contributed by atoms with Gasteiger partial charge in [-0.25, -0.2) is 4.79 Å². The third-order valence-corrected chi connectivity index (χ3v) is 2.30. The molecule has 6 nitrogen and oxygen atoms in total. The second-order valence-electron chi connectivity index (χ2n) is 3.28. The number of carbonyl (C=O) groups excluding carboxylic acids is 1. The van der Waals surface area contributed by atoms with Crippen LogP contribution in [-0.4, -0.2) is 22.0 Å². The highest BCUT2D eigenvalue weighted by atomic mass is 35.5. The van der Waals surface area contributed by atoms with Crippen LogP contribution in [0.25, 0.3) is 0 Å². The van der Waals surface area contributed by atoms with Crippen LogP contribution in [-0.2, 0) is 0 Å². The van der Waals surface area contributed by atoms with Crippen LogP contribution in [0.4, 0.5) is 5.69 Å². The summed E-state index contributed by atoms with van der Waals surface area (Å²) in [5, 5.41) is 11.4. The quantitative estimate of drug-likeness (QED) is 0.889. The highest BCUT2D eigenvalue weighted by Gasteiger charge is 2.15. The summed E-state index contributed by atoms with van der Waals surface area (Å²) in [6.45, 7) is 0. The summed E-state index contributed by atoms with van der Waals surface area (Å²) in [6, 6.07) is 4.08. The lowest BCUT2D eigenvalue weighted by Gasteiger charge is -2.05. The van der Waals surface area contributed by atoms with E-state index in [1.54, 1.807) is 0 Å². The molecule has 18 heavy (non-hydrogen) atoms. The molecule has 0 saturated carbocycles. The summed E-state index contributed by atoms with van der Waals surface area (Å²) in [5.41, 5.74) is 0.0264. The predicted molar refractivity (Wildman–Crippen MR) is 62.9 cm³/mol. The number of pyridine rings is 1. The van der Waals surface area contributed by atoms with Crippen molar-refractivity contribution in [1.29, 1.82) is 0 Å². The molecule has 2 rings (SSSR count). The lowest BCUT2D eigenvalue weighted by molar-refractivity contribution is 0.0698. The second kappa shape index (κ2) is 4.89. The Hall–Kier alpha value is -2.34. The van der Waals surface area contributed by atoms with Crippen molar-refractivity contribution in [2.75, 3.05) is 5.32 Å². The number of carboxylic acids is 1. The Bertz CT molecular complexity index is 609. The molecule has 0 aliphatic carbocycles. The monoisotopic (exact) mass is 266 g/mol. The van der Waals surface area contributed by atoms with Gasteiger partial charge < -0.3 is 14.8 Å². The molecule has 0 fully saturated rings. The summed E-state index contributed by atoms with van der Waals surface area (Å²) >= 11 is 5.54. The molecule has 0 aliphatic heterocycles. The van der Waals surface area contributed by atoms with E-state index in [1.165, 1.54) is 30.6 Å². The number of nitrogens with zero attached hydrogens (tertiary/aromatic N) is 1. The Kier molecular flexibility index (Phi) is 3.29. The lowest BCUT2D eigenvalue weighted by atomic mass is 10.2. The number of halogens is 1. The number of carboxylic acid groups (broad SMARTS) is 1. The smallest absolute Gasteiger partial charge is 0.337 e. The molecule has 7 heteroatoms. The van der Waals surface area contributed by atoms with Gasteiger partial charge in [0.1, 0.15) is 0 Å². The molecular weight excluding hydrogens is 260 g/mol. The van der Waals surface area contributed by atoms with Gasteiger partial charge in [0, 0.05) is 6.20 Å².